The molecular weight excluding hydrogens is 420 g/mol. The third-order valence-electron chi connectivity index (χ3n) is 5.29. The number of amides is 1. The highest BCUT2D eigenvalue weighted by Crippen LogP contribution is 2.29. The molecule has 31 heavy (non-hydrogen) atoms. The fraction of sp³-hybridized carbons (Fsp3) is 0.409. The summed E-state index contributed by atoms with van der Waals surface area (Å²) < 4.78 is 43.5. The SMILES string of the molecule is COc1ccc(OC)c([C@@H](C)NC(=O)c2ccc(C)c(S(=O)(=O)N3CCOCC3)c2)c1. The summed E-state index contributed by atoms with van der Waals surface area (Å²) in [6.45, 7) is 4.86. The van der Waals surface area contributed by atoms with Crippen LogP contribution in [0.2, 0.25) is 0 Å². The number of hydrogen-bond acceptors (Lipinski definition) is 6. The van der Waals surface area contributed by atoms with E-state index in [1.807, 2.05) is 6.92 Å². The highest BCUT2D eigenvalue weighted by atomic mass is 32.2. The lowest BCUT2D eigenvalue weighted by molar-refractivity contribution is 0.0730. The monoisotopic (exact) mass is 448 g/mol. The van der Waals surface area contributed by atoms with Gasteiger partial charge in [-0.2, -0.15) is 4.31 Å². The van der Waals surface area contributed by atoms with Crippen molar-refractivity contribution in [2.45, 2.75) is 24.8 Å². The van der Waals surface area contributed by atoms with Crippen molar-refractivity contribution in [3.8, 4) is 11.5 Å². The lowest BCUT2D eigenvalue weighted by Crippen LogP contribution is -2.41. The van der Waals surface area contributed by atoms with E-state index in [1.54, 1.807) is 51.5 Å². The van der Waals surface area contributed by atoms with Crippen LogP contribution >= 0.6 is 0 Å². The minimum Gasteiger partial charge on any atom is -0.497 e. The van der Waals surface area contributed by atoms with Crippen LogP contribution in [0.3, 0.4) is 0 Å². The smallest absolute Gasteiger partial charge is 0.251 e. The summed E-state index contributed by atoms with van der Waals surface area (Å²) in [7, 11) is -0.587. The molecule has 8 nitrogen and oxygen atoms in total. The van der Waals surface area contributed by atoms with E-state index >= 15 is 0 Å². The van der Waals surface area contributed by atoms with Gasteiger partial charge < -0.3 is 19.5 Å². The first-order valence-electron chi connectivity index (χ1n) is 9.99. The van der Waals surface area contributed by atoms with Crippen LogP contribution in [0.15, 0.2) is 41.3 Å². The van der Waals surface area contributed by atoms with Crippen molar-refractivity contribution in [2.75, 3.05) is 40.5 Å². The highest BCUT2D eigenvalue weighted by Gasteiger charge is 2.28. The largest absolute Gasteiger partial charge is 0.497 e. The maximum absolute atomic E-state index is 13.1. The summed E-state index contributed by atoms with van der Waals surface area (Å²) in [5, 5.41) is 2.91. The van der Waals surface area contributed by atoms with Gasteiger partial charge in [0, 0.05) is 24.2 Å². The van der Waals surface area contributed by atoms with Gasteiger partial charge in [0.1, 0.15) is 11.5 Å². The molecule has 1 aliphatic heterocycles. The number of ether oxygens (including phenoxy) is 3. The average Bonchev–Trinajstić information content (AvgIpc) is 2.79. The molecular formula is C22H28N2O6S. The van der Waals surface area contributed by atoms with E-state index in [1.165, 1.54) is 10.4 Å². The molecule has 1 aliphatic rings. The van der Waals surface area contributed by atoms with E-state index in [0.717, 1.165) is 5.56 Å². The second-order valence-corrected chi connectivity index (χ2v) is 9.21. The van der Waals surface area contributed by atoms with Gasteiger partial charge in [0.25, 0.3) is 5.91 Å². The van der Waals surface area contributed by atoms with Crippen LogP contribution < -0.4 is 14.8 Å². The highest BCUT2D eigenvalue weighted by molar-refractivity contribution is 7.89. The van der Waals surface area contributed by atoms with E-state index in [2.05, 4.69) is 5.32 Å². The van der Waals surface area contributed by atoms with Crippen molar-refractivity contribution < 1.29 is 27.4 Å². The second kappa shape index (κ2) is 9.67. The Morgan fingerprint density at radius 3 is 2.45 bits per heavy atom. The molecule has 9 heteroatoms. The van der Waals surface area contributed by atoms with E-state index in [-0.39, 0.29) is 16.4 Å². The Balaban J connectivity index is 1.85. The topological polar surface area (TPSA) is 94.2 Å². The van der Waals surface area contributed by atoms with Gasteiger partial charge in [-0.05, 0) is 49.7 Å². The molecule has 0 radical (unpaired) electrons. The van der Waals surface area contributed by atoms with E-state index in [0.29, 0.717) is 43.4 Å². The average molecular weight is 449 g/mol. The third-order valence-corrected chi connectivity index (χ3v) is 7.33. The number of methoxy groups -OCH3 is 2. The number of nitrogens with zero attached hydrogens (tertiary/aromatic N) is 1. The third kappa shape index (κ3) is 5.00. The quantitative estimate of drug-likeness (QED) is 0.700. The molecule has 2 aromatic rings. The molecule has 3 rings (SSSR count). The molecule has 2 aromatic carbocycles. The van der Waals surface area contributed by atoms with Crippen LogP contribution in [0.25, 0.3) is 0 Å². The van der Waals surface area contributed by atoms with Gasteiger partial charge in [-0.1, -0.05) is 6.07 Å². The Kier molecular flexibility index (Phi) is 7.19. The summed E-state index contributed by atoms with van der Waals surface area (Å²) in [6, 6.07) is 9.67. The Labute approximate surface area is 183 Å². The Morgan fingerprint density at radius 2 is 1.81 bits per heavy atom. The van der Waals surface area contributed by atoms with Gasteiger partial charge in [-0.15, -0.1) is 0 Å². The van der Waals surface area contributed by atoms with E-state index in [4.69, 9.17) is 14.2 Å². The molecule has 1 amide bonds. The molecule has 1 atom stereocenters. The van der Waals surface area contributed by atoms with E-state index in [9.17, 15) is 13.2 Å². The normalized spacial score (nSPS) is 15.9. The molecule has 0 aromatic heterocycles. The number of benzene rings is 2. The second-order valence-electron chi connectivity index (χ2n) is 7.30. The molecule has 0 saturated carbocycles. The first-order valence-corrected chi connectivity index (χ1v) is 11.4. The molecule has 0 bridgehead atoms. The van der Waals surface area contributed by atoms with Gasteiger partial charge in [0.05, 0.1) is 38.4 Å². The first kappa shape index (κ1) is 23.1. The maximum atomic E-state index is 13.1. The number of morpholine rings is 1. The number of hydrogen-bond donors (Lipinski definition) is 1. The van der Waals surface area contributed by atoms with Crippen molar-refractivity contribution in [2.24, 2.45) is 0 Å². The van der Waals surface area contributed by atoms with Gasteiger partial charge in [0.2, 0.25) is 10.0 Å². The maximum Gasteiger partial charge on any atom is 0.251 e. The molecule has 0 unspecified atom stereocenters. The van der Waals surface area contributed by atoms with Crippen molar-refractivity contribution in [3.05, 3.63) is 53.1 Å². The standard InChI is InChI=1S/C22H28N2O6S/c1-15-5-6-17(13-21(15)31(26,27)24-9-11-30-12-10-24)22(25)23-16(2)19-14-18(28-3)7-8-20(19)29-4/h5-8,13-14,16H,9-12H2,1-4H3,(H,23,25)/t16-/m1/s1. The predicted octanol–water partition coefficient (Wildman–Crippen LogP) is 2.52. The number of rotatable bonds is 7. The number of carbonyl (C=O) groups is 1. The predicted molar refractivity (Wildman–Crippen MR) is 116 cm³/mol. The van der Waals surface area contributed by atoms with Crippen LogP contribution in [-0.2, 0) is 14.8 Å². The summed E-state index contributed by atoms with van der Waals surface area (Å²) in [4.78, 5) is 13.1. The molecule has 0 aliphatic carbocycles. The number of nitrogens with one attached hydrogen (secondary N) is 1. The number of sulfonamides is 1. The molecule has 1 saturated heterocycles. The van der Waals surface area contributed by atoms with Crippen molar-refractivity contribution >= 4 is 15.9 Å². The fourth-order valence-electron chi connectivity index (χ4n) is 3.48. The zero-order chi connectivity index (χ0) is 22.6. The van der Waals surface area contributed by atoms with E-state index < -0.39 is 16.1 Å². The van der Waals surface area contributed by atoms with Crippen LogP contribution in [0.5, 0.6) is 11.5 Å². The van der Waals surface area contributed by atoms with Crippen LogP contribution in [0.1, 0.15) is 34.5 Å². The zero-order valence-corrected chi connectivity index (χ0v) is 19.0. The number of aryl methyl sites for hydroxylation is 1. The summed E-state index contributed by atoms with van der Waals surface area (Å²) in [5.74, 6) is 0.884. The molecule has 1 heterocycles. The van der Waals surface area contributed by atoms with Crippen molar-refractivity contribution in [1.82, 2.24) is 9.62 Å². The Morgan fingerprint density at radius 1 is 1.10 bits per heavy atom. The lowest BCUT2D eigenvalue weighted by Gasteiger charge is -2.27. The molecule has 1 fully saturated rings. The number of carbonyl (C=O) groups excluding carboxylic acids is 1. The zero-order valence-electron chi connectivity index (χ0n) is 18.2. The molecule has 1 N–H and O–H groups in total. The van der Waals surface area contributed by atoms with Crippen molar-refractivity contribution in [3.63, 3.8) is 0 Å². The minimum absolute atomic E-state index is 0.133. The molecule has 0 spiro atoms. The van der Waals surface area contributed by atoms with Crippen LogP contribution in [0, 0.1) is 6.92 Å². The minimum atomic E-state index is -3.71. The van der Waals surface area contributed by atoms with Crippen molar-refractivity contribution in [1.29, 1.82) is 0 Å². The lowest BCUT2D eigenvalue weighted by atomic mass is 10.1. The van der Waals surface area contributed by atoms with Gasteiger partial charge in [-0.25, -0.2) is 8.42 Å². The van der Waals surface area contributed by atoms with Crippen LogP contribution in [0.4, 0.5) is 0 Å². The Bertz CT molecular complexity index is 1050. The molecule has 168 valence electrons. The summed E-state index contributed by atoms with van der Waals surface area (Å²) in [6.07, 6.45) is 0. The summed E-state index contributed by atoms with van der Waals surface area (Å²) >= 11 is 0. The first-order chi connectivity index (χ1) is 14.8. The Hall–Kier alpha value is -2.62. The summed E-state index contributed by atoms with van der Waals surface area (Å²) in [5.41, 5.74) is 1.61. The van der Waals surface area contributed by atoms with Gasteiger partial charge >= 0.3 is 0 Å². The van der Waals surface area contributed by atoms with Gasteiger partial charge in [0.15, 0.2) is 0 Å². The fourth-order valence-corrected chi connectivity index (χ4v) is 5.14. The van der Waals surface area contributed by atoms with Crippen LogP contribution in [-0.4, -0.2) is 59.2 Å². The van der Waals surface area contributed by atoms with Gasteiger partial charge in [-0.3, -0.25) is 4.79 Å².